The molecule has 2 atom stereocenters. The molecule has 1 amide bonds. The van der Waals surface area contributed by atoms with Crippen molar-refractivity contribution >= 4 is 17.7 Å². The largest absolute Gasteiger partial charge is 0.444 e. The number of carbonyl (C=O) groups excluding carboxylic acids is 1. The Bertz CT molecular complexity index is 636. The molecule has 0 bridgehead atoms. The van der Waals surface area contributed by atoms with Gasteiger partial charge in [0.15, 0.2) is 5.79 Å². The van der Waals surface area contributed by atoms with Crippen LogP contribution in [0.1, 0.15) is 45.3 Å². The number of piperidine rings is 1. The first-order valence-corrected chi connectivity index (χ1v) is 9.28. The lowest BCUT2D eigenvalue weighted by molar-refractivity contribution is -0.202. The third-order valence-electron chi connectivity index (χ3n) is 4.67. The summed E-state index contributed by atoms with van der Waals surface area (Å²) in [6.07, 6.45) is -0.403. The molecule has 2 heterocycles. The van der Waals surface area contributed by atoms with E-state index in [-0.39, 0.29) is 0 Å². The summed E-state index contributed by atoms with van der Waals surface area (Å²) in [5.41, 5.74) is 0.0746. The van der Waals surface area contributed by atoms with Crippen LogP contribution in [0, 0.1) is 0 Å². The summed E-state index contributed by atoms with van der Waals surface area (Å²) < 4.78 is 17.2. The highest BCUT2D eigenvalue weighted by molar-refractivity contribution is 6.30. The molecule has 0 aromatic heterocycles. The molecule has 0 aliphatic carbocycles. The number of nitrogens with zero attached hydrogens (tertiary/aromatic N) is 1. The van der Waals surface area contributed by atoms with Crippen LogP contribution in [0.25, 0.3) is 0 Å². The maximum Gasteiger partial charge on any atom is 0.410 e. The number of rotatable bonds is 2. The standard InChI is InChI=1S/C19H26ClNO5/c1-18(2,3)26-17(23)21-9-8-19(24-10-11-25-19)12-15(21)16(22)13-4-6-14(20)7-5-13/h4-7,15-16,22H,8-12H2,1-3H3/t15-,16-/m1/s1. The van der Waals surface area contributed by atoms with Gasteiger partial charge >= 0.3 is 6.09 Å². The van der Waals surface area contributed by atoms with Crippen LogP contribution in [-0.2, 0) is 14.2 Å². The Balaban J connectivity index is 1.85. The molecule has 6 nitrogen and oxygen atoms in total. The van der Waals surface area contributed by atoms with E-state index in [0.29, 0.717) is 43.2 Å². The van der Waals surface area contributed by atoms with Gasteiger partial charge in [0, 0.05) is 24.4 Å². The van der Waals surface area contributed by atoms with Crippen molar-refractivity contribution in [1.29, 1.82) is 0 Å². The molecule has 1 aromatic rings. The molecule has 0 unspecified atom stereocenters. The lowest BCUT2D eigenvalue weighted by Crippen LogP contribution is -2.56. The summed E-state index contributed by atoms with van der Waals surface area (Å²) >= 11 is 5.95. The Morgan fingerprint density at radius 2 is 1.92 bits per heavy atom. The van der Waals surface area contributed by atoms with Crippen LogP contribution in [-0.4, -0.2) is 53.3 Å². The molecule has 0 saturated carbocycles. The molecule has 3 rings (SSSR count). The normalized spacial score (nSPS) is 23.9. The van der Waals surface area contributed by atoms with Gasteiger partial charge in [-0.25, -0.2) is 4.79 Å². The average Bonchev–Trinajstić information content (AvgIpc) is 3.01. The van der Waals surface area contributed by atoms with Crippen molar-refractivity contribution in [3.05, 3.63) is 34.9 Å². The lowest BCUT2D eigenvalue weighted by atomic mass is 9.89. The third-order valence-corrected chi connectivity index (χ3v) is 4.92. The van der Waals surface area contributed by atoms with Crippen molar-refractivity contribution in [1.82, 2.24) is 4.90 Å². The van der Waals surface area contributed by atoms with Crippen molar-refractivity contribution in [2.45, 2.75) is 57.1 Å². The van der Waals surface area contributed by atoms with Gasteiger partial charge in [-0.3, -0.25) is 0 Å². The molecule has 26 heavy (non-hydrogen) atoms. The van der Waals surface area contributed by atoms with Crippen LogP contribution in [0.4, 0.5) is 4.79 Å². The maximum atomic E-state index is 12.7. The summed E-state index contributed by atoms with van der Waals surface area (Å²) in [6.45, 7) is 6.91. The molecule has 2 fully saturated rings. The molecular weight excluding hydrogens is 358 g/mol. The van der Waals surface area contributed by atoms with E-state index in [1.54, 1.807) is 29.2 Å². The molecular formula is C19H26ClNO5. The zero-order chi connectivity index (χ0) is 18.9. The minimum Gasteiger partial charge on any atom is -0.444 e. The quantitative estimate of drug-likeness (QED) is 0.846. The fourth-order valence-corrected chi connectivity index (χ4v) is 3.58. The predicted molar refractivity (Wildman–Crippen MR) is 97.0 cm³/mol. The van der Waals surface area contributed by atoms with Crippen molar-refractivity contribution in [2.24, 2.45) is 0 Å². The van der Waals surface area contributed by atoms with E-state index in [0.717, 1.165) is 0 Å². The molecule has 2 saturated heterocycles. The molecule has 1 aromatic carbocycles. The highest BCUT2D eigenvalue weighted by Gasteiger charge is 2.48. The first-order valence-electron chi connectivity index (χ1n) is 8.90. The van der Waals surface area contributed by atoms with Crippen molar-refractivity contribution in [3.63, 3.8) is 0 Å². The smallest absolute Gasteiger partial charge is 0.410 e. The van der Waals surface area contributed by atoms with E-state index in [1.807, 2.05) is 20.8 Å². The number of hydrogen-bond donors (Lipinski definition) is 1. The highest BCUT2D eigenvalue weighted by Crippen LogP contribution is 2.39. The van der Waals surface area contributed by atoms with Crippen LogP contribution < -0.4 is 0 Å². The molecule has 2 aliphatic heterocycles. The number of likely N-dealkylation sites (tertiary alicyclic amines) is 1. The number of amides is 1. The number of ether oxygens (including phenoxy) is 3. The topological polar surface area (TPSA) is 68.2 Å². The summed E-state index contributed by atoms with van der Waals surface area (Å²) in [5.74, 6) is -0.739. The van der Waals surface area contributed by atoms with E-state index >= 15 is 0 Å². The van der Waals surface area contributed by atoms with Crippen molar-refractivity contribution < 1.29 is 24.1 Å². The number of hydrogen-bond acceptors (Lipinski definition) is 5. The zero-order valence-electron chi connectivity index (χ0n) is 15.4. The van der Waals surface area contributed by atoms with Crippen LogP contribution >= 0.6 is 11.6 Å². The molecule has 2 aliphatic rings. The first kappa shape index (κ1) is 19.4. The van der Waals surface area contributed by atoms with Crippen LogP contribution in [0.5, 0.6) is 0 Å². The SMILES string of the molecule is CC(C)(C)OC(=O)N1CCC2(C[C@@H]1[C@H](O)c1ccc(Cl)cc1)OCCO2. The van der Waals surface area contributed by atoms with E-state index in [4.69, 9.17) is 25.8 Å². The summed E-state index contributed by atoms with van der Waals surface area (Å²) in [6, 6.07) is 6.45. The van der Waals surface area contributed by atoms with Crippen LogP contribution in [0.2, 0.25) is 5.02 Å². The Kier molecular flexibility index (Phi) is 5.49. The molecule has 1 N–H and O–H groups in total. The summed E-state index contributed by atoms with van der Waals surface area (Å²) in [5, 5.41) is 11.6. The Hall–Kier alpha value is -1.34. The highest BCUT2D eigenvalue weighted by atomic mass is 35.5. The summed E-state index contributed by atoms with van der Waals surface area (Å²) in [7, 11) is 0. The van der Waals surface area contributed by atoms with E-state index < -0.39 is 29.6 Å². The number of aliphatic hydroxyl groups is 1. The van der Waals surface area contributed by atoms with E-state index in [1.165, 1.54) is 0 Å². The van der Waals surface area contributed by atoms with E-state index in [9.17, 15) is 9.90 Å². The van der Waals surface area contributed by atoms with Gasteiger partial charge < -0.3 is 24.2 Å². The fourth-order valence-electron chi connectivity index (χ4n) is 3.46. The second kappa shape index (κ2) is 7.35. The summed E-state index contributed by atoms with van der Waals surface area (Å²) in [4.78, 5) is 14.3. The lowest BCUT2D eigenvalue weighted by Gasteiger charge is -2.45. The van der Waals surface area contributed by atoms with E-state index in [2.05, 4.69) is 0 Å². The van der Waals surface area contributed by atoms with Crippen molar-refractivity contribution in [2.75, 3.05) is 19.8 Å². The predicted octanol–water partition coefficient (Wildman–Crippen LogP) is 3.52. The van der Waals surface area contributed by atoms with Gasteiger partial charge in [-0.05, 0) is 38.5 Å². The van der Waals surface area contributed by atoms with Crippen molar-refractivity contribution in [3.8, 4) is 0 Å². The first-order chi connectivity index (χ1) is 12.2. The molecule has 0 radical (unpaired) electrons. The second-order valence-electron chi connectivity index (χ2n) is 7.80. The molecule has 1 spiro atoms. The number of halogens is 1. The number of aliphatic hydroxyl groups excluding tert-OH is 1. The Labute approximate surface area is 159 Å². The number of carbonyl (C=O) groups is 1. The van der Waals surface area contributed by atoms with Gasteiger partial charge in [0.05, 0.1) is 25.4 Å². The van der Waals surface area contributed by atoms with Gasteiger partial charge in [0.25, 0.3) is 0 Å². The van der Waals surface area contributed by atoms with Gasteiger partial charge in [0.1, 0.15) is 5.60 Å². The van der Waals surface area contributed by atoms with Crippen LogP contribution in [0.15, 0.2) is 24.3 Å². The molecule has 7 heteroatoms. The van der Waals surface area contributed by atoms with Gasteiger partial charge in [-0.1, -0.05) is 23.7 Å². The maximum absolute atomic E-state index is 12.7. The monoisotopic (exact) mass is 383 g/mol. The Morgan fingerprint density at radius 3 is 2.50 bits per heavy atom. The third kappa shape index (κ3) is 4.31. The van der Waals surface area contributed by atoms with Crippen LogP contribution in [0.3, 0.4) is 0 Å². The minimum atomic E-state index is -0.898. The van der Waals surface area contributed by atoms with Gasteiger partial charge in [-0.2, -0.15) is 0 Å². The fraction of sp³-hybridized carbons (Fsp3) is 0.632. The molecule has 144 valence electrons. The zero-order valence-corrected chi connectivity index (χ0v) is 16.2. The minimum absolute atomic E-state index is 0.385. The Morgan fingerprint density at radius 1 is 1.31 bits per heavy atom. The van der Waals surface area contributed by atoms with Gasteiger partial charge in [-0.15, -0.1) is 0 Å². The van der Waals surface area contributed by atoms with Gasteiger partial charge in [0.2, 0.25) is 0 Å². The average molecular weight is 384 g/mol. The number of benzene rings is 1. The second-order valence-corrected chi connectivity index (χ2v) is 8.24.